The van der Waals surface area contributed by atoms with E-state index in [2.05, 4.69) is 37.9 Å². The summed E-state index contributed by atoms with van der Waals surface area (Å²) in [6.07, 6.45) is 5.43. The van der Waals surface area contributed by atoms with Gasteiger partial charge in [0, 0.05) is 11.5 Å². The third-order valence-corrected chi connectivity index (χ3v) is 3.82. The third-order valence-electron chi connectivity index (χ3n) is 1.25. The van der Waals surface area contributed by atoms with Crippen LogP contribution in [0.2, 0.25) is 0 Å². The van der Waals surface area contributed by atoms with Gasteiger partial charge in [-0.2, -0.15) is 0 Å². The average molecular weight is 420 g/mol. The Kier molecular flexibility index (Phi) is 29.0. The Balaban J connectivity index is -0.000000236. The van der Waals surface area contributed by atoms with Crippen LogP contribution < -0.4 is 0 Å². The first-order chi connectivity index (χ1) is 7.91. The molecule has 0 radical (unpaired) electrons. The molecule has 0 bridgehead atoms. The molecule has 3 nitrogen and oxygen atoms in total. The first-order valence-corrected chi connectivity index (χ1v) is 12.3. The van der Waals surface area contributed by atoms with E-state index < -0.39 is 5.69 Å². The average Bonchev–Trinajstić information content (AvgIpc) is 2.24. The molecule has 0 unspecified atom stereocenters. The van der Waals surface area contributed by atoms with Gasteiger partial charge in [-0.05, 0) is 24.6 Å². The van der Waals surface area contributed by atoms with Crippen LogP contribution in [-0.4, -0.2) is 21.3 Å². The molecule has 0 spiro atoms. The second-order valence-corrected chi connectivity index (χ2v) is 10.6. The summed E-state index contributed by atoms with van der Waals surface area (Å²) in [6.45, 7) is 4.49. The van der Waals surface area contributed by atoms with Gasteiger partial charge in [0.15, 0.2) is 0 Å². The summed E-state index contributed by atoms with van der Waals surface area (Å²) in [5.41, 5.74) is -3.11. The van der Waals surface area contributed by atoms with Crippen LogP contribution in [0.1, 0.15) is 39.5 Å². The van der Waals surface area contributed by atoms with Crippen molar-refractivity contribution in [1.29, 1.82) is 0 Å². The maximum atomic E-state index is 8.26. The van der Waals surface area contributed by atoms with Gasteiger partial charge in [-0.1, -0.05) is 60.5 Å². The van der Waals surface area contributed by atoms with Crippen molar-refractivity contribution >= 4 is 51.3 Å². The quantitative estimate of drug-likeness (QED) is 0.191. The fourth-order valence-corrected chi connectivity index (χ4v) is 2.99. The summed E-state index contributed by atoms with van der Waals surface area (Å²) in [5, 5.41) is 0. The molecule has 0 fully saturated rings. The summed E-state index contributed by atoms with van der Waals surface area (Å²) >= 11 is 7.77. The van der Waals surface area contributed by atoms with Gasteiger partial charge in [-0.25, -0.2) is 0 Å². The Bertz CT molecular complexity index is 166. The molecule has 0 aliphatic rings. The van der Waals surface area contributed by atoms with Crippen molar-refractivity contribution < 1.29 is 33.0 Å². The Morgan fingerprint density at radius 2 is 1.35 bits per heavy atom. The molecule has 17 heavy (non-hydrogen) atoms. The number of rotatable bonds is 7. The zero-order valence-corrected chi connectivity index (χ0v) is 16.3. The maximum absolute atomic E-state index is 8.26. The first kappa shape index (κ1) is 24.1. The third kappa shape index (κ3) is 56.6. The molecular formula is C8H21MoO3PS4. The topological polar surface area (TPSA) is 57.5 Å². The van der Waals surface area contributed by atoms with Crippen molar-refractivity contribution in [3.8, 4) is 0 Å². The van der Waals surface area contributed by atoms with Gasteiger partial charge in [0.05, 0.1) is 0 Å². The van der Waals surface area contributed by atoms with Crippen LogP contribution in [0.5, 0.6) is 0 Å². The number of unbranched alkanes of at least 4 members (excludes halogenated alkanes) is 2. The van der Waals surface area contributed by atoms with Gasteiger partial charge < -0.3 is 9.79 Å². The van der Waals surface area contributed by atoms with Crippen LogP contribution in [0.15, 0.2) is 0 Å². The Hall–Kier alpha value is 2.11. The summed E-state index contributed by atoms with van der Waals surface area (Å²) in [7, 11) is 4.07. The predicted molar refractivity (Wildman–Crippen MR) is 83.1 cm³/mol. The van der Waals surface area contributed by atoms with E-state index in [0.717, 1.165) is 0 Å². The minimum atomic E-state index is -3.11. The molecule has 0 aliphatic carbocycles. The van der Waals surface area contributed by atoms with E-state index in [9.17, 15) is 0 Å². The SMILES string of the molecule is CCCCSSCCCC.OP(O)(=S)S.[O]=[Mo]. The van der Waals surface area contributed by atoms with Crippen LogP contribution in [0, 0.1) is 0 Å². The van der Waals surface area contributed by atoms with E-state index in [4.69, 9.17) is 13.2 Å². The van der Waals surface area contributed by atoms with E-state index in [1.807, 2.05) is 21.6 Å². The van der Waals surface area contributed by atoms with E-state index >= 15 is 0 Å². The molecular weight excluding hydrogens is 399 g/mol. The summed E-state index contributed by atoms with van der Waals surface area (Å²) in [4.78, 5) is 15.7. The predicted octanol–water partition coefficient (Wildman–Crippen LogP) is 3.97. The molecule has 0 rings (SSSR count). The van der Waals surface area contributed by atoms with Crippen LogP contribution in [-0.2, 0) is 35.0 Å². The van der Waals surface area contributed by atoms with Crippen LogP contribution in [0.25, 0.3) is 0 Å². The van der Waals surface area contributed by atoms with E-state index in [1.165, 1.54) is 37.2 Å². The Morgan fingerprint density at radius 3 is 1.53 bits per heavy atom. The molecule has 2 N–H and O–H groups in total. The minimum absolute atomic E-state index is 0.700. The molecule has 106 valence electrons. The van der Waals surface area contributed by atoms with Crippen molar-refractivity contribution in [2.24, 2.45) is 0 Å². The van der Waals surface area contributed by atoms with Gasteiger partial charge in [0.25, 0.3) is 0 Å². The van der Waals surface area contributed by atoms with Gasteiger partial charge in [0.2, 0.25) is 5.69 Å². The molecule has 0 aliphatic heterocycles. The molecule has 0 aromatic heterocycles. The molecule has 9 heteroatoms. The van der Waals surface area contributed by atoms with Crippen LogP contribution in [0.3, 0.4) is 0 Å². The fourth-order valence-electron chi connectivity index (χ4n) is 0.524. The van der Waals surface area contributed by atoms with Gasteiger partial charge >= 0.3 is 23.2 Å². The molecule has 0 heterocycles. The molecule has 0 atom stereocenters. The summed E-state index contributed by atoms with van der Waals surface area (Å²) < 4.78 is 8.26. The van der Waals surface area contributed by atoms with E-state index in [0.29, 0.717) is 19.8 Å². The van der Waals surface area contributed by atoms with Crippen molar-refractivity contribution in [3.63, 3.8) is 0 Å². The normalized spacial score (nSPS) is 9.71. The Morgan fingerprint density at radius 1 is 1.12 bits per heavy atom. The van der Waals surface area contributed by atoms with Crippen LogP contribution in [0.4, 0.5) is 0 Å². The van der Waals surface area contributed by atoms with Crippen LogP contribution >= 0.6 is 39.5 Å². The number of thiol groups is 1. The fraction of sp³-hybridized carbons (Fsp3) is 1.00. The zero-order chi connectivity index (χ0) is 14.2. The van der Waals surface area contributed by atoms with Crippen molar-refractivity contribution in [2.75, 3.05) is 11.5 Å². The Labute approximate surface area is 134 Å². The first-order valence-electron chi connectivity index (χ1n) is 5.11. The molecule has 0 amide bonds. The second-order valence-electron chi connectivity index (χ2n) is 2.86. The molecule has 0 saturated carbocycles. The second kappa shape index (κ2) is 20.4. The molecule has 0 aromatic carbocycles. The zero-order valence-electron chi connectivity index (χ0n) is 10.1. The molecule has 0 saturated heterocycles. The van der Waals surface area contributed by atoms with E-state index in [1.54, 1.807) is 0 Å². The van der Waals surface area contributed by atoms with Crippen molar-refractivity contribution in [2.45, 2.75) is 39.5 Å². The number of hydrogen-bond donors (Lipinski definition) is 3. The number of hydrogen-bond acceptors (Lipinski definition) is 4. The molecule has 0 aromatic rings. The van der Waals surface area contributed by atoms with Crippen molar-refractivity contribution in [1.82, 2.24) is 0 Å². The van der Waals surface area contributed by atoms with Gasteiger partial charge in [-0.15, -0.1) is 0 Å². The summed E-state index contributed by atoms with van der Waals surface area (Å²) in [5.74, 6) is 2.68. The van der Waals surface area contributed by atoms with Gasteiger partial charge in [-0.3, -0.25) is 0 Å². The van der Waals surface area contributed by atoms with Crippen molar-refractivity contribution in [3.05, 3.63) is 0 Å². The monoisotopic (exact) mass is 422 g/mol. The van der Waals surface area contributed by atoms with Gasteiger partial charge in [0.1, 0.15) is 0 Å². The standard InChI is InChI=1S/C8H18S2.Mo.H3O2PS2.O/c1-3-5-7-9-10-8-6-4-2;;1-3(2,4)5;/h3-8H2,1-2H3;;(H3,1,2,4,5);. The van der Waals surface area contributed by atoms with E-state index in [-0.39, 0.29) is 0 Å². The summed E-state index contributed by atoms with van der Waals surface area (Å²) in [6, 6.07) is 0.